The smallest absolute Gasteiger partial charge is 0.308 e. The molecule has 23 heavy (non-hydrogen) atoms. The molecule has 2 aliphatic rings. The van der Waals surface area contributed by atoms with E-state index >= 15 is 0 Å². The Balaban J connectivity index is 1.86. The summed E-state index contributed by atoms with van der Waals surface area (Å²) in [5.41, 5.74) is 0. The van der Waals surface area contributed by atoms with Crippen molar-refractivity contribution in [2.45, 2.75) is 51.5 Å². The molecule has 0 spiro atoms. The number of likely N-dealkylation sites (tertiary alicyclic amines) is 1. The van der Waals surface area contributed by atoms with Gasteiger partial charge in [0.2, 0.25) is 15.9 Å². The topological polar surface area (TPSA) is 104 Å². The fourth-order valence-corrected chi connectivity index (χ4v) is 4.67. The van der Waals surface area contributed by atoms with Crippen LogP contribution in [0.4, 0.5) is 0 Å². The van der Waals surface area contributed by atoms with Crippen LogP contribution in [0.15, 0.2) is 0 Å². The molecule has 0 aromatic heterocycles. The zero-order valence-corrected chi connectivity index (χ0v) is 14.3. The Hall–Kier alpha value is -1.15. The molecular formula is C15H26N2O5S. The first kappa shape index (κ1) is 18.2. The van der Waals surface area contributed by atoms with Crippen molar-refractivity contribution in [3.05, 3.63) is 0 Å². The third kappa shape index (κ3) is 5.46. The summed E-state index contributed by atoms with van der Waals surface area (Å²) in [6.45, 7) is 2.69. The quantitative estimate of drug-likeness (QED) is 0.766. The molecule has 8 heteroatoms. The molecule has 0 aromatic carbocycles. The summed E-state index contributed by atoms with van der Waals surface area (Å²) in [6, 6.07) is -0.0860. The number of nitrogens with one attached hydrogen (secondary N) is 1. The van der Waals surface area contributed by atoms with Crippen LogP contribution >= 0.6 is 0 Å². The molecule has 2 N–H and O–H groups in total. The minimum Gasteiger partial charge on any atom is -0.481 e. The highest BCUT2D eigenvalue weighted by Gasteiger charge is 2.31. The molecule has 1 aliphatic heterocycles. The molecule has 0 aromatic rings. The van der Waals surface area contributed by atoms with E-state index in [1.165, 1.54) is 4.90 Å². The van der Waals surface area contributed by atoms with E-state index in [1.54, 1.807) is 0 Å². The van der Waals surface area contributed by atoms with Crippen molar-refractivity contribution in [1.29, 1.82) is 0 Å². The summed E-state index contributed by atoms with van der Waals surface area (Å²) in [5.74, 6) is -2.00. The second-order valence-corrected chi connectivity index (χ2v) is 8.60. The number of hydrogen-bond acceptors (Lipinski definition) is 4. The molecule has 7 nitrogen and oxygen atoms in total. The van der Waals surface area contributed by atoms with Gasteiger partial charge in [-0.15, -0.1) is 0 Å². The van der Waals surface area contributed by atoms with E-state index in [2.05, 4.69) is 11.6 Å². The van der Waals surface area contributed by atoms with E-state index in [0.717, 1.165) is 25.7 Å². The molecule has 1 aliphatic carbocycles. The monoisotopic (exact) mass is 346 g/mol. The normalized spacial score (nSPS) is 29.3. The lowest BCUT2D eigenvalue weighted by atomic mass is 9.88. The molecule has 0 radical (unpaired) electrons. The highest BCUT2D eigenvalue weighted by Crippen LogP contribution is 2.24. The number of aliphatic carboxylic acids is 1. The van der Waals surface area contributed by atoms with E-state index in [0.29, 0.717) is 25.3 Å². The third-order valence-electron chi connectivity index (χ3n) is 4.80. The summed E-state index contributed by atoms with van der Waals surface area (Å²) in [7, 11) is -3.67. The molecule has 1 saturated carbocycles. The average Bonchev–Trinajstić information content (AvgIpc) is 2.49. The number of carboxylic acid groups (broad SMARTS) is 1. The van der Waals surface area contributed by atoms with Gasteiger partial charge in [-0.25, -0.2) is 13.1 Å². The number of sulfonamides is 1. The van der Waals surface area contributed by atoms with Gasteiger partial charge < -0.3 is 10.0 Å². The summed E-state index contributed by atoms with van der Waals surface area (Å²) < 4.78 is 27.0. The van der Waals surface area contributed by atoms with Crippen molar-refractivity contribution < 1.29 is 23.1 Å². The Morgan fingerprint density at radius 3 is 2.43 bits per heavy atom. The predicted octanol–water partition coefficient (Wildman–Crippen LogP) is 0.808. The second kappa shape index (κ2) is 7.61. The van der Waals surface area contributed by atoms with Gasteiger partial charge in [0.25, 0.3) is 0 Å². The van der Waals surface area contributed by atoms with E-state index in [9.17, 15) is 18.0 Å². The standard InChI is InChI=1S/C15H26N2O5S/c1-11-4-6-13(7-5-11)16-23(21,22)10-14(18)17-8-2-3-12(9-17)15(19)20/h11-13,16H,2-10H2,1H3,(H,19,20)/t11?,12-,13?/m0/s1. The minimum atomic E-state index is -3.67. The highest BCUT2D eigenvalue weighted by atomic mass is 32.2. The van der Waals surface area contributed by atoms with Crippen LogP contribution in [0.3, 0.4) is 0 Å². The maximum atomic E-state index is 12.2. The van der Waals surface area contributed by atoms with Gasteiger partial charge in [0.05, 0.1) is 5.92 Å². The zero-order chi connectivity index (χ0) is 17.0. The maximum absolute atomic E-state index is 12.2. The van der Waals surface area contributed by atoms with Gasteiger partial charge in [-0.2, -0.15) is 0 Å². The van der Waals surface area contributed by atoms with Crippen LogP contribution in [0.5, 0.6) is 0 Å². The van der Waals surface area contributed by atoms with E-state index in [1.807, 2.05) is 0 Å². The summed E-state index contributed by atoms with van der Waals surface area (Å²) in [5, 5.41) is 9.04. The predicted molar refractivity (Wildman–Crippen MR) is 85.3 cm³/mol. The van der Waals surface area contributed by atoms with Gasteiger partial charge >= 0.3 is 5.97 Å². The molecule has 1 saturated heterocycles. The number of hydrogen-bond donors (Lipinski definition) is 2. The van der Waals surface area contributed by atoms with Crippen molar-refractivity contribution in [3.63, 3.8) is 0 Å². The van der Waals surface area contributed by atoms with Crippen LogP contribution < -0.4 is 4.72 Å². The van der Waals surface area contributed by atoms with Gasteiger partial charge in [0.15, 0.2) is 0 Å². The Labute approximate surface area is 137 Å². The number of rotatable bonds is 5. The number of carboxylic acids is 1. The molecule has 2 fully saturated rings. The summed E-state index contributed by atoms with van der Waals surface area (Å²) >= 11 is 0. The van der Waals surface area contributed by atoms with Crippen molar-refractivity contribution in [3.8, 4) is 0 Å². The fraction of sp³-hybridized carbons (Fsp3) is 0.867. The Kier molecular flexibility index (Phi) is 6.02. The lowest BCUT2D eigenvalue weighted by Crippen LogP contribution is -2.47. The van der Waals surface area contributed by atoms with Gasteiger partial charge in [-0.3, -0.25) is 9.59 Å². The molecule has 1 atom stereocenters. The van der Waals surface area contributed by atoms with Crippen LogP contribution in [-0.2, 0) is 19.6 Å². The van der Waals surface area contributed by atoms with Crippen LogP contribution in [0.25, 0.3) is 0 Å². The molecule has 0 bridgehead atoms. The number of carbonyl (C=O) groups excluding carboxylic acids is 1. The van der Waals surface area contributed by atoms with Crippen molar-refractivity contribution in [1.82, 2.24) is 9.62 Å². The number of carbonyl (C=O) groups is 2. The van der Waals surface area contributed by atoms with Crippen LogP contribution in [0, 0.1) is 11.8 Å². The summed E-state index contributed by atoms with van der Waals surface area (Å²) in [4.78, 5) is 24.6. The molecule has 2 rings (SSSR count). The second-order valence-electron chi connectivity index (χ2n) is 6.85. The SMILES string of the molecule is CC1CCC(NS(=O)(=O)CC(=O)N2CCC[C@H](C(=O)O)C2)CC1. The zero-order valence-electron chi connectivity index (χ0n) is 13.5. The lowest BCUT2D eigenvalue weighted by Gasteiger charge is -2.31. The van der Waals surface area contributed by atoms with Crippen LogP contribution in [-0.4, -0.2) is 55.2 Å². The van der Waals surface area contributed by atoms with E-state index in [-0.39, 0.29) is 12.6 Å². The van der Waals surface area contributed by atoms with Gasteiger partial charge in [-0.05, 0) is 44.4 Å². The number of nitrogens with zero attached hydrogens (tertiary/aromatic N) is 1. The van der Waals surface area contributed by atoms with E-state index in [4.69, 9.17) is 5.11 Å². The molecule has 132 valence electrons. The molecule has 1 amide bonds. The highest BCUT2D eigenvalue weighted by molar-refractivity contribution is 7.90. The fourth-order valence-electron chi connectivity index (χ4n) is 3.33. The maximum Gasteiger partial charge on any atom is 0.308 e. The third-order valence-corrected chi connectivity index (χ3v) is 6.12. The van der Waals surface area contributed by atoms with Gasteiger partial charge in [-0.1, -0.05) is 6.92 Å². The number of amides is 1. The Morgan fingerprint density at radius 1 is 1.17 bits per heavy atom. The van der Waals surface area contributed by atoms with Crippen LogP contribution in [0.2, 0.25) is 0 Å². The van der Waals surface area contributed by atoms with E-state index < -0.39 is 33.6 Å². The number of piperidine rings is 1. The van der Waals surface area contributed by atoms with Crippen molar-refractivity contribution in [2.24, 2.45) is 11.8 Å². The first-order valence-electron chi connectivity index (χ1n) is 8.27. The first-order chi connectivity index (χ1) is 10.8. The average molecular weight is 346 g/mol. The van der Waals surface area contributed by atoms with Crippen molar-refractivity contribution >= 4 is 21.9 Å². The van der Waals surface area contributed by atoms with Gasteiger partial charge in [0, 0.05) is 19.1 Å². The largest absolute Gasteiger partial charge is 0.481 e. The van der Waals surface area contributed by atoms with Crippen molar-refractivity contribution in [2.75, 3.05) is 18.8 Å². The summed E-state index contributed by atoms with van der Waals surface area (Å²) in [6.07, 6.45) is 4.72. The Morgan fingerprint density at radius 2 is 1.83 bits per heavy atom. The molecule has 0 unspecified atom stereocenters. The minimum absolute atomic E-state index is 0.0860. The Bertz CT molecular complexity index is 540. The lowest BCUT2D eigenvalue weighted by molar-refractivity contribution is -0.145. The van der Waals surface area contributed by atoms with Crippen LogP contribution in [0.1, 0.15) is 45.4 Å². The molecular weight excluding hydrogens is 320 g/mol. The van der Waals surface area contributed by atoms with Gasteiger partial charge in [0.1, 0.15) is 5.75 Å². The first-order valence-corrected chi connectivity index (χ1v) is 9.92. The molecule has 1 heterocycles.